The van der Waals surface area contributed by atoms with E-state index < -0.39 is 6.09 Å². The second kappa shape index (κ2) is 5.92. The minimum Gasteiger partial charge on any atom is -0.391 e. The lowest BCUT2D eigenvalue weighted by Gasteiger charge is -2.22. The van der Waals surface area contributed by atoms with Crippen molar-refractivity contribution >= 4 is 16.9 Å². The van der Waals surface area contributed by atoms with Crippen LogP contribution in [0.5, 0.6) is 5.88 Å². The first-order valence-corrected chi connectivity index (χ1v) is 7.67. The molecular formula is C19H19N3O2. The van der Waals surface area contributed by atoms with Crippen LogP contribution in [0, 0.1) is 0 Å². The summed E-state index contributed by atoms with van der Waals surface area (Å²) in [4.78, 5) is 19.6. The summed E-state index contributed by atoms with van der Waals surface area (Å²) in [5, 5.41) is 2.16. The van der Waals surface area contributed by atoms with E-state index in [-0.39, 0.29) is 11.3 Å². The number of pyridine rings is 2. The molecule has 0 aliphatic rings. The van der Waals surface area contributed by atoms with Crippen molar-refractivity contribution in [3.8, 4) is 17.0 Å². The minimum absolute atomic E-state index is 0.250. The number of amides is 1. The highest BCUT2D eigenvalue weighted by Crippen LogP contribution is 2.35. The van der Waals surface area contributed by atoms with E-state index in [0.717, 1.165) is 27.5 Å². The molecule has 24 heavy (non-hydrogen) atoms. The van der Waals surface area contributed by atoms with Crippen LogP contribution in [-0.2, 0) is 5.41 Å². The quantitative estimate of drug-likeness (QED) is 0.772. The molecule has 2 heterocycles. The first kappa shape index (κ1) is 15.9. The number of primary amides is 1. The first-order chi connectivity index (χ1) is 11.4. The summed E-state index contributed by atoms with van der Waals surface area (Å²) < 4.78 is 5.07. The molecule has 0 bridgehead atoms. The molecule has 2 N–H and O–H groups in total. The number of hydrogen-bond acceptors (Lipinski definition) is 4. The molecule has 0 unspecified atom stereocenters. The Balaban J connectivity index is 2.20. The summed E-state index contributed by atoms with van der Waals surface area (Å²) in [6.07, 6.45) is 4.44. The summed E-state index contributed by atoms with van der Waals surface area (Å²) in [6, 6.07) is 10.0. The number of nitrogens with zero attached hydrogens (tertiary/aromatic N) is 2. The van der Waals surface area contributed by atoms with Gasteiger partial charge in [-0.1, -0.05) is 39.0 Å². The van der Waals surface area contributed by atoms with Gasteiger partial charge in [0.25, 0.3) is 0 Å². The zero-order valence-electron chi connectivity index (χ0n) is 13.9. The van der Waals surface area contributed by atoms with E-state index in [1.807, 2.05) is 57.3 Å². The second-order valence-corrected chi connectivity index (χ2v) is 6.65. The number of ether oxygens (including phenoxy) is 1. The molecular weight excluding hydrogens is 302 g/mol. The molecule has 5 heteroatoms. The number of benzene rings is 1. The van der Waals surface area contributed by atoms with Crippen molar-refractivity contribution in [2.75, 3.05) is 0 Å². The molecule has 0 saturated carbocycles. The molecule has 0 aliphatic carbocycles. The highest BCUT2D eigenvalue weighted by atomic mass is 16.6. The van der Waals surface area contributed by atoms with Gasteiger partial charge in [-0.3, -0.25) is 4.98 Å². The largest absolute Gasteiger partial charge is 0.411 e. The van der Waals surface area contributed by atoms with Gasteiger partial charge in [-0.2, -0.15) is 0 Å². The Morgan fingerprint density at radius 1 is 1.17 bits per heavy atom. The fourth-order valence-corrected chi connectivity index (χ4v) is 2.69. The molecule has 122 valence electrons. The SMILES string of the molecule is CC(C)(C)c1cc(-c2cccc3cnccc23)cnc1OC(N)=O. The normalized spacial score (nSPS) is 11.5. The van der Waals surface area contributed by atoms with Gasteiger partial charge in [0, 0.05) is 35.1 Å². The van der Waals surface area contributed by atoms with E-state index >= 15 is 0 Å². The summed E-state index contributed by atoms with van der Waals surface area (Å²) in [6.45, 7) is 6.11. The van der Waals surface area contributed by atoms with Gasteiger partial charge in [0.15, 0.2) is 0 Å². The van der Waals surface area contributed by atoms with Crippen LogP contribution in [0.25, 0.3) is 21.9 Å². The Morgan fingerprint density at radius 2 is 1.96 bits per heavy atom. The molecule has 1 aromatic carbocycles. The van der Waals surface area contributed by atoms with Crippen LogP contribution in [0.1, 0.15) is 26.3 Å². The molecule has 0 saturated heterocycles. The van der Waals surface area contributed by atoms with Crippen molar-refractivity contribution in [2.24, 2.45) is 5.73 Å². The lowest BCUT2D eigenvalue weighted by Crippen LogP contribution is -2.21. The lowest BCUT2D eigenvalue weighted by molar-refractivity contribution is 0.208. The zero-order chi connectivity index (χ0) is 17.3. The summed E-state index contributed by atoms with van der Waals surface area (Å²) >= 11 is 0. The molecule has 1 amide bonds. The van der Waals surface area contributed by atoms with Gasteiger partial charge in [0.05, 0.1) is 0 Å². The molecule has 0 atom stereocenters. The topological polar surface area (TPSA) is 78.1 Å². The van der Waals surface area contributed by atoms with Crippen LogP contribution >= 0.6 is 0 Å². The highest BCUT2D eigenvalue weighted by molar-refractivity contribution is 5.96. The standard InChI is InChI=1S/C19H19N3O2/c1-19(2,3)16-9-13(11-22-17(16)24-18(20)23)14-6-4-5-12-10-21-8-7-15(12)14/h4-11H,1-3H3,(H2,20,23). The summed E-state index contributed by atoms with van der Waals surface area (Å²) in [5.41, 5.74) is 7.73. The van der Waals surface area contributed by atoms with E-state index in [1.165, 1.54) is 0 Å². The number of nitrogens with two attached hydrogens (primary N) is 1. The Kier molecular flexibility index (Phi) is 3.93. The molecule has 0 aliphatic heterocycles. The number of hydrogen-bond donors (Lipinski definition) is 1. The Labute approximate surface area is 140 Å². The highest BCUT2D eigenvalue weighted by Gasteiger charge is 2.22. The third kappa shape index (κ3) is 3.06. The van der Waals surface area contributed by atoms with Crippen LogP contribution in [0.15, 0.2) is 48.9 Å². The van der Waals surface area contributed by atoms with Crippen LogP contribution in [0.2, 0.25) is 0 Å². The molecule has 2 aromatic heterocycles. The number of carbonyl (C=O) groups is 1. The number of carbonyl (C=O) groups excluding carboxylic acids is 1. The minimum atomic E-state index is -0.864. The van der Waals surface area contributed by atoms with Crippen LogP contribution in [0.3, 0.4) is 0 Å². The first-order valence-electron chi connectivity index (χ1n) is 7.67. The van der Waals surface area contributed by atoms with Gasteiger partial charge in [-0.15, -0.1) is 0 Å². The van der Waals surface area contributed by atoms with Crippen LogP contribution < -0.4 is 10.5 Å². The fourth-order valence-electron chi connectivity index (χ4n) is 2.69. The van der Waals surface area contributed by atoms with E-state index in [4.69, 9.17) is 10.5 Å². The Hall–Kier alpha value is -2.95. The molecule has 3 rings (SSSR count). The van der Waals surface area contributed by atoms with Gasteiger partial charge in [0.1, 0.15) is 0 Å². The van der Waals surface area contributed by atoms with Crippen LogP contribution in [-0.4, -0.2) is 16.1 Å². The zero-order valence-corrected chi connectivity index (χ0v) is 13.9. The molecule has 0 spiro atoms. The van der Waals surface area contributed by atoms with Crippen molar-refractivity contribution in [1.82, 2.24) is 9.97 Å². The third-order valence-electron chi connectivity index (χ3n) is 3.85. The predicted molar refractivity (Wildman–Crippen MR) is 93.9 cm³/mol. The molecule has 3 aromatic rings. The summed E-state index contributed by atoms with van der Waals surface area (Å²) in [5.74, 6) is 0.251. The number of fused-ring (bicyclic) bond motifs is 1. The smallest absolute Gasteiger partial charge is 0.391 e. The molecule has 0 radical (unpaired) electrons. The summed E-state index contributed by atoms with van der Waals surface area (Å²) in [7, 11) is 0. The molecule has 5 nitrogen and oxygen atoms in total. The van der Waals surface area contributed by atoms with E-state index in [2.05, 4.69) is 9.97 Å². The average Bonchev–Trinajstić information content (AvgIpc) is 2.53. The molecule has 0 fully saturated rings. The van der Waals surface area contributed by atoms with Gasteiger partial charge >= 0.3 is 6.09 Å². The third-order valence-corrected chi connectivity index (χ3v) is 3.85. The second-order valence-electron chi connectivity index (χ2n) is 6.65. The van der Waals surface area contributed by atoms with Gasteiger partial charge in [0.2, 0.25) is 5.88 Å². The van der Waals surface area contributed by atoms with Crippen molar-refractivity contribution in [3.05, 3.63) is 54.5 Å². The van der Waals surface area contributed by atoms with Crippen molar-refractivity contribution < 1.29 is 9.53 Å². The lowest BCUT2D eigenvalue weighted by atomic mass is 9.86. The average molecular weight is 321 g/mol. The fraction of sp³-hybridized carbons (Fsp3) is 0.211. The predicted octanol–water partition coefficient (Wildman–Crippen LogP) is 4.05. The van der Waals surface area contributed by atoms with Gasteiger partial charge in [-0.05, 0) is 28.5 Å². The number of rotatable bonds is 2. The number of aromatic nitrogens is 2. The van der Waals surface area contributed by atoms with Gasteiger partial charge < -0.3 is 10.5 Å². The Bertz CT molecular complexity index is 909. The Morgan fingerprint density at radius 3 is 2.67 bits per heavy atom. The van der Waals surface area contributed by atoms with Gasteiger partial charge in [-0.25, -0.2) is 9.78 Å². The van der Waals surface area contributed by atoms with E-state index in [9.17, 15) is 4.79 Å². The van der Waals surface area contributed by atoms with E-state index in [1.54, 1.807) is 12.4 Å². The maximum atomic E-state index is 11.1. The monoisotopic (exact) mass is 321 g/mol. The van der Waals surface area contributed by atoms with Crippen molar-refractivity contribution in [1.29, 1.82) is 0 Å². The maximum Gasteiger partial charge on any atom is 0.411 e. The maximum absolute atomic E-state index is 11.1. The van der Waals surface area contributed by atoms with Crippen molar-refractivity contribution in [2.45, 2.75) is 26.2 Å². The van der Waals surface area contributed by atoms with Crippen molar-refractivity contribution in [3.63, 3.8) is 0 Å². The van der Waals surface area contributed by atoms with Crippen LogP contribution in [0.4, 0.5) is 4.79 Å². The van der Waals surface area contributed by atoms with E-state index in [0.29, 0.717) is 0 Å².